The van der Waals surface area contributed by atoms with Crippen LogP contribution in [0.1, 0.15) is 107 Å². The van der Waals surface area contributed by atoms with Crippen molar-refractivity contribution in [1.82, 2.24) is 29.9 Å². The van der Waals surface area contributed by atoms with Crippen molar-refractivity contribution >= 4 is 33.6 Å². The van der Waals surface area contributed by atoms with Crippen LogP contribution in [0, 0.1) is 0 Å². The number of fused-ring (bicyclic) bond motifs is 2. The van der Waals surface area contributed by atoms with Crippen LogP contribution in [0.25, 0.3) is 22.1 Å². The van der Waals surface area contributed by atoms with Crippen LogP contribution < -0.4 is 9.47 Å². The van der Waals surface area contributed by atoms with Crippen molar-refractivity contribution in [3.63, 3.8) is 0 Å². The number of carbonyl (C=O) groups excluding carboxylic acids is 2. The van der Waals surface area contributed by atoms with Gasteiger partial charge in [0.15, 0.2) is 11.6 Å². The van der Waals surface area contributed by atoms with Crippen molar-refractivity contribution in [1.29, 1.82) is 0 Å². The molecule has 312 valence electrons. The van der Waals surface area contributed by atoms with Gasteiger partial charge in [0.25, 0.3) is 0 Å². The summed E-state index contributed by atoms with van der Waals surface area (Å²) < 4.78 is 12.1. The van der Waals surface area contributed by atoms with Gasteiger partial charge in [-0.1, -0.05) is 49.2 Å². The van der Waals surface area contributed by atoms with Gasteiger partial charge in [0.1, 0.15) is 11.5 Å². The van der Waals surface area contributed by atoms with Crippen LogP contribution >= 0.6 is 0 Å². The number of para-hydroxylation sites is 4. The Bertz CT molecular complexity index is 2560. The molecule has 10 rings (SSSR count). The number of ketones is 2. The lowest BCUT2D eigenvalue weighted by Gasteiger charge is -2.27. The molecule has 12 nitrogen and oxygen atoms in total. The number of aromatic nitrogens is 6. The monoisotopic (exact) mass is 826 g/mol. The lowest BCUT2D eigenvalue weighted by atomic mass is 9.83. The van der Waals surface area contributed by atoms with Crippen LogP contribution in [0.3, 0.4) is 0 Å². The SMILES string of the molecule is O=C(c1ccc(Oc2ncccc2[C@@H]2CCC[C@H](O)C2)cc1)c1nc2ccccc2[nH]1.O=C(c1ccc(Oc2ncccc2[C@H]2CCC[C@@H](O)C2)cc1)c1nc2ccccc2[nH]1. The number of benzene rings is 4. The van der Waals surface area contributed by atoms with Gasteiger partial charge in [0.05, 0.1) is 34.3 Å². The van der Waals surface area contributed by atoms with E-state index in [1.54, 1.807) is 60.9 Å². The number of imidazole rings is 2. The zero-order valence-electron chi connectivity index (χ0n) is 34.0. The molecule has 0 unspecified atom stereocenters. The summed E-state index contributed by atoms with van der Waals surface area (Å²) >= 11 is 0. The van der Waals surface area contributed by atoms with Crippen LogP contribution in [-0.4, -0.2) is 63.9 Å². The second kappa shape index (κ2) is 18.3. The Balaban J connectivity index is 0.000000158. The van der Waals surface area contributed by atoms with Gasteiger partial charge in [-0.2, -0.15) is 0 Å². The molecule has 0 aliphatic heterocycles. The summed E-state index contributed by atoms with van der Waals surface area (Å²) in [6.45, 7) is 0. The first-order chi connectivity index (χ1) is 30.3. The van der Waals surface area contributed by atoms with Crippen molar-refractivity contribution in [3.05, 3.63) is 168 Å². The van der Waals surface area contributed by atoms with Crippen molar-refractivity contribution in [2.75, 3.05) is 0 Å². The van der Waals surface area contributed by atoms with Gasteiger partial charge in [-0.25, -0.2) is 19.9 Å². The molecule has 4 aromatic carbocycles. The fourth-order valence-corrected chi connectivity index (χ4v) is 8.46. The summed E-state index contributed by atoms with van der Waals surface area (Å²) in [5, 5.41) is 20.1. The second-order valence-electron chi connectivity index (χ2n) is 15.9. The van der Waals surface area contributed by atoms with Crippen molar-refractivity contribution in [2.24, 2.45) is 0 Å². The maximum atomic E-state index is 12.8. The molecule has 4 atom stereocenters. The number of aromatic amines is 2. The summed E-state index contributed by atoms with van der Waals surface area (Å²) in [7, 11) is 0. The van der Waals surface area contributed by atoms with Crippen molar-refractivity contribution in [3.8, 4) is 23.3 Å². The summed E-state index contributed by atoms with van der Waals surface area (Å²) in [4.78, 5) is 49.4. The van der Waals surface area contributed by atoms with E-state index >= 15 is 0 Å². The van der Waals surface area contributed by atoms with E-state index in [1.165, 1.54) is 0 Å². The Labute approximate surface area is 358 Å². The molecule has 0 saturated heterocycles. The number of nitrogens with zero attached hydrogens (tertiary/aromatic N) is 4. The van der Waals surface area contributed by atoms with Crippen LogP contribution in [0.4, 0.5) is 0 Å². The first-order valence-electron chi connectivity index (χ1n) is 21.2. The summed E-state index contributed by atoms with van der Waals surface area (Å²) in [6.07, 6.45) is 10.1. The average molecular weight is 827 g/mol. The van der Waals surface area contributed by atoms with Crippen LogP contribution in [0.2, 0.25) is 0 Å². The zero-order chi connectivity index (χ0) is 42.4. The van der Waals surface area contributed by atoms with E-state index in [2.05, 4.69) is 29.9 Å². The molecule has 62 heavy (non-hydrogen) atoms. The number of pyridine rings is 2. The fraction of sp³-hybridized carbons (Fsp3) is 0.240. The quantitative estimate of drug-likeness (QED) is 0.0971. The summed E-state index contributed by atoms with van der Waals surface area (Å²) in [5.74, 6) is 3.10. The molecule has 2 aliphatic rings. The number of hydrogen-bond acceptors (Lipinski definition) is 10. The standard InChI is InChI=1S/2C25H23N3O3/c2*29-18-6-3-5-17(15-18)20-7-4-14-26-25(20)31-19-12-10-16(11-13-19)23(30)24-27-21-8-1-2-9-22(21)28-24/h2*1-2,4,7-14,17-18,29H,3,5-6,15H2,(H,27,28)/t2*17-,18+/m10/s1. The smallest absolute Gasteiger partial charge is 0.228 e. The van der Waals surface area contributed by atoms with E-state index in [4.69, 9.17) is 9.47 Å². The third-order valence-electron chi connectivity index (χ3n) is 11.6. The molecule has 0 amide bonds. The maximum absolute atomic E-state index is 12.8. The van der Waals surface area contributed by atoms with Gasteiger partial charge in [0, 0.05) is 34.6 Å². The van der Waals surface area contributed by atoms with E-state index in [0.717, 1.165) is 84.6 Å². The van der Waals surface area contributed by atoms with Gasteiger partial charge in [0.2, 0.25) is 23.3 Å². The minimum Gasteiger partial charge on any atom is -0.439 e. The van der Waals surface area contributed by atoms with Crippen molar-refractivity contribution < 1.29 is 29.3 Å². The molecular formula is C50H46N6O6. The molecule has 2 aliphatic carbocycles. The first kappa shape index (κ1) is 40.4. The van der Waals surface area contributed by atoms with E-state index in [9.17, 15) is 19.8 Å². The number of H-pyrrole nitrogens is 2. The molecule has 8 aromatic rings. The first-order valence-corrected chi connectivity index (χ1v) is 21.2. The summed E-state index contributed by atoms with van der Waals surface area (Å²) in [6, 6.07) is 37.0. The van der Waals surface area contributed by atoms with Crippen molar-refractivity contribution in [2.45, 2.75) is 75.4 Å². The zero-order valence-corrected chi connectivity index (χ0v) is 34.0. The van der Waals surface area contributed by atoms with E-state index in [0.29, 0.717) is 46.0 Å². The third-order valence-corrected chi connectivity index (χ3v) is 11.6. The Hall–Kier alpha value is -7.02. The van der Waals surface area contributed by atoms with Gasteiger partial charge in [-0.3, -0.25) is 9.59 Å². The number of aliphatic hydroxyl groups excluding tert-OH is 2. The van der Waals surface area contributed by atoms with Crippen LogP contribution in [-0.2, 0) is 0 Å². The molecule has 2 fully saturated rings. The molecular weight excluding hydrogens is 781 g/mol. The number of rotatable bonds is 10. The fourth-order valence-electron chi connectivity index (χ4n) is 8.46. The van der Waals surface area contributed by atoms with Gasteiger partial charge < -0.3 is 29.7 Å². The molecule has 4 N–H and O–H groups in total. The molecule has 12 heteroatoms. The molecule has 2 saturated carbocycles. The highest BCUT2D eigenvalue weighted by Crippen LogP contribution is 2.39. The predicted molar refractivity (Wildman–Crippen MR) is 235 cm³/mol. The minimum absolute atomic E-state index is 0.169. The van der Waals surface area contributed by atoms with Gasteiger partial charge in [-0.05, 0) is 135 Å². The Morgan fingerprint density at radius 3 is 1.34 bits per heavy atom. The summed E-state index contributed by atoms with van der Waals surface area (Å²) in [5.41, 5.74) is 6.30. The largest absolute Gasteiger partial charge is 0.439 e. The normalized spacial score (nSPS) is 18.7. The van der Waals surface area contributed by atoms with Gasteiger partial charge in [-0.15, -0.1) is 0 Å². The molecule has 4 aromatic heterocycles. The Morgan fingerprint density at radius 1 is 0.516 bits per heavy atom. The number of nitrogens with one attached hydrogen (secondary N) is 2. The molecule has 0 radical (unpaired) electrons. The predicted octanol–water partition coefficient (Wildman–Crippen LogP) is 10.00. The highest BCUT2D eigenvalue weighted by atomic mass is 16.5. The Kier molecular flexibility index (Phi) is 11.9. The minimum atomic E-state index is -0.268. The van der Waals surface area contributed by atoms with Crippen LogP contribution in [0.5, 0.6) is 23.3 Å². The lowest BCUT2D eigenvalue weighted by Crippen LogP contribution is -2.18. The van der Waals surface area contributed by atoms with E-state index in [-0.39, 0.29) is 35.6 Å². The highest BCUT2D eigenvalue weighted by Gasteiger charge is 2.26. The lowest BCUT2D eigenvalue weighted by molar-refractivity contribution is 0.102. The molecule has 0 bridgehead atoms. The van der Waals surface area contributed by atoms with Gasteiger partial charge >= 0.3 is 0 Å². The average Bonchev–Trinajstić information content (AvgIpc) is 3.95. The maximum Gasteiger partial charge on any atom is 0.228 e. The molecule has 0 spiro atoms. The Morgan fingerprint density at radius 2 is 0.935 bits per heavy atom. The van der Waals surface area contributed by atoms with E-state index in [1.807, 2.05) is 72.8 Å². The highest BCUT2D eigenvalue weighted by molar-refractivity contribution is 6.08. The molecule has 4 heterocycles. The van der Waals surface area contributed by atoms with E-state index < -0.39 is 0 Å². The number of carbonyl (C=O) groups is 2. The van der Waals surface area contributed by atoms with Crippen LogP contribution in [0.15, 0.2) is 134 Å². The number of ether oxygens (including phenoxy) is 2. The number of aliphatic hydroxyl groups is 2. The topological polar surface area (TPSA) is 176 Å². The third kappa shape index (κ3) is 9.16. The number of hydrogen-bond donors (Lipinski definition) is 4. The second-order valence-corrected chi connectivity index (χ2v) is 15.9.